The van der Waals surface area contributed by atoms with Crippen LogP contribution in [0.5, 0.6) is 0 Å². The lowest BCUT2D eigenvalue weighted by Gasteiger charge is -2.24. The Morgan fingerprint density at radius 2 is 2.27 bits per heavy atom. The molecular formula is C10H11BrFNO2. The number of benzene rings is 1. The van der Waals surface area contributed by atoms with Crippen molar-refractivity contribution in [3.63, 3.8) is 0 Å². The van der Waals surface area contributed by atoms with E-state index in [0.717, 1.165) is 0 Å². The second kappa shape index (κ2) is 4.28. The third kappa shape index (κ3) is 2.18. The average molecular weight is 276 g/mol. The zero-order valence-corrected chi connectivity index (χ0v) is 9.71. The van der Waals surface area contributed by atoms with E-state index in [1.165, 1.54) is 18.2 Å². The van der Waals surface area contributed by atoms with Crippen LogP contribution in [0, 0.1) is 5.82 Å². The van der Waals surface area contributed by atoms with Gasteiger partial charge in [-0.05, 0) is 24.6 Å². The first-order valence-electron chi connectivity index (χ1n) is 4.39. The van der Waals surface area contributed by atoms with Crippen molar-refractivity contribution in [3.05, 3.63) is 34.1 Å². The van der Waals surface area contributed by atoms with E-state index in [4.69, 9.17) is 10.8 Å². The molecule has 0 amide bonds. The van der Waals surface area contributed by atoms with Crippen LogP contribution in [0.4, 0.5) is 4.39 Å². The highest BCUT2D eigenvalue weighted by atomic mass is 79.9. The van der Waals surface area contributed by atoms with Crippen molar-refractivity contribution in [3.8, 4) is 0 Å². The number of hydrogen-bond acceptors (Lipinski definition) is 2. The number of halogens is 2. The summed E-state index contributed by atoms with van der Waals surface area (Å²) in [5.74, 6) is -1.84. The molecule has 0 fully saturated rings. The zero-order chi connectivity index (χ0) is 11.6. The fourth-order valence-corrected chi connectivity index (χ4v) is 1.66. The molecule has 1 aromatic rings. The quantitative estimate of drug-likeness (QED) is 0.889. The molecular weight excluding hydrogens is 265 g/mol. The van der Waals surface area contributed by atoms with Crippen molar-refractivity contribution >= 4 is 21.9 Å². The Balaban J connectivity index is 3.35. The normalized spacial score (nSPS) is 14.7. The minimum atomic E-state index is -1.67. The van der Waals surface area contributed by atoms with Crippen LogP contribution in [0.3, 0.4) is 0 Å². The summed E-state index contributed by atoms with van der Waals surface area (Å²) >= 11 is 3.15. The van der Waals surface area contributed by atoms with E-state index in [0.29, 0.717) is 4.47 Å². The van der Waals surface area contributed by atoms with Crippen LogP contribution in [-0.2, 0) is 10.3 Å². The zero-order valence-electron chi connectivity index (χ0n) is 8.13. The van der Waals surface area contributed by atoms with Gasteiger partial charge < -0.3 is 10.8 Å². The summed E-state index contributed by atoms with van der Waals surface area (Å²) in [6, 6.07) is 4.09. The van der Waals surface area contributed by atoms with Crippen LogP contribution in [0.2, 0.25) is 0 Å². The molecule has 0 aliphatic rings. The molecule has 0 saturated heterocycles. The highest BCUT2D eigenvalue weighted by Gasteiger charge is 2.36. The maximum Gasteiger partial charge on any atom is 0.328 e. The van der Waals surface area contributed by atoms with E-state index < -0.39 is 17.3 Å². The van der Waals surface area contributed by atoms with Crippen molar-refractivity contribution in [2.45, 2.75) is 18.9 Å². The summed E-state index contributed by atoms with van der Waals surface area (Å²) < 4.78 is 14.0. The Morgan fingerprint density at radius 1 is 1.67 bits per heavy atom. The predicted octanol–water partition coefficient (Wildman–Crippen LogP) is 2.24. The van der Waals surface area contributed by atoms with E-state index in [9.17, 15) is 9.18 Å². The summed E-state index contributed by atoms with van der Waals surface area (Å²) in [5, 5.41) is 8.99. The molecule has 5 heteroatoms. The topological polar surface area (TPSA) is 63.3 Å². The second-order valence-electron chi connectivity index (χ2n) is 3.25. The van der Waals surface area contributed by atoms with Crippen molar-refractivity contribution in [1.82, 2.24) is 0 Å². The molecule has 0 aliphatic carbocycles. The van der Waals surface area contributed by atoms with Gasteiger partial charge in [0.1, 0.15) is 11.4 Å². The third-order valence-corrected chi connectivity index (χ3v) is 2.84. The summed E-state index contributed by atoms with van der Waals surface area (Å²) in [7, 11) is 0. The van der Waals surface area contributed by atoms with Crippen molar-refractivity contribution in [1.29, 1.82) is 0 Å². The largest absolute Gasteiger partial charge is 0.480 e. The number of aliphatic carboxylic acids is 1. The number of carboxylic acids is 1. The Hall–Kier alpha value is -0.940. The third-order valence-electron chi connectivity index (χ3n) is 2.35. The Bertz CT molecular complexity index is 397. The van der Waals surface area contributed by atoms with E-state index in [1.807, 2.05) is 0 Å². The molecule has 1 atom stereocenters. The van der Waals surface area contributed by atoms with Gasteiger partial charge in [0, 0.05) is 10.0 Å². The SMILES string of the molecule is CCC(N)(C(=O)O)c1cc(Br)ccc1F. The lowest BCUT2D eigenvalue weighted by atomic mass is 9.88. The van der Waals surface area contributed by atoms with Gasteiger partial charge in [0.2, 0.25) is 0 Å². The van der Waals surface area contributed by atoms with Gasteiger partial charge in [-0.2, -0.15) is 0 Å². The Kier molecular flexibility index (Phi) is 3.46. The van der Waals surface area contributed by atoms with Crippen LogP contribution in [0.25, 0.3) is 0 Å². The van der Waals surface area contributed by atoms with Crippen molar-refractivity contribution < 1.29 is 14.3 Å². The average Bonchev–Trinajstić information content (AvgIpc) is 2.20. The monoisotopic (exact) mass is 275 g/mol. The van der Waals surface area contributed by atoms with Crippen LogP contribution in [-0.4, -0.2) is 11.1 Å². The van der Waals surface area contributed by atoms with E-state index in [2.05, 4.69) is 15.9 Å². The van der Waals surface area contributed by atoms with Crippen molar-refractivity contribution in [2.24, 2.45) is 5.73 Å². The fraction of sp³-hybridized carbons (Fsp3) is 0.300. The minimum Gasteiger partial charge on any atom is -0.480 e. The smallest absolute Gasteiger partial charge is 0.328 e. The lowest BCUT2D eigenvalue weighted by Crippen LogP contribution is -2.45. The first-order chi connectivity index (χ1) is 6.91. The van der Waals surface area contributed by atoms with Gasteiger partial charge in [-0.3, -0.25) is 0 Å². The first kappa shape index (κ1) is 12.1. The molecule has 0 aliphatic heterocycles. The maximum atomic E-state index is 13.4. The number of carbonyl (C=O) groups is 1. The van der Waals surface area contributed by atoms with Gasteiger partial charge in [-0.25, -0.2) is 9.18 Å². The molecule has 1 unspecified atom stereocenters. The predicted molar refractivity (Wildman–Crippen MR) is 57.9 cm³/mol. The molecule has 3 nitrogen and oxygen atoms in total. The van der Waals surface area contributed by atoms with Crippen LogP contribution < -0.4 is 5.73 Å². The molecule has 0 heterocycles. The Morgan fingerprint density at radius 3 is 2.73 bits per heavy atom. The number of carboxylic acid groups (broad SMARTS) is 1. The van der Waals surface area contributed by atoms with E-state index in [1.54, 1.807) is 6.92 Å². The molecule has 0 radical (unpaired) electrons. The van der Waals surface area contributed by atoms with E-state index in [-0.39, 0.29) is 12.0 Å². The van der Waals surface area contributed by atoms with Crippen LogP contribution >= 0.6 is 15.9 Å². The van der Waals surface area contributed by atoms with Gasteiger partial charge in [0.05, 0.1) is 0 Å². The van der Waals surface area contributed by atoms with Crippen molar-refractivity contribution in [2.75, 3.05) is 0 Å². The number of hydrogen-bond donors (Lipinski definition) is 2. The van der Waals surface area contributed by atoms with E-state index >= 15 is 0 Å². The van der Waals surface area contributed by atoms with Gasteiger partial charge in [0.25, 0.3) is 0 Å². The molecule has 3 N–H and O–H groups in total. The molecule has 0 aromatic heterocycles. The summed E-state index contributed by atoms with van der Waals surface area (Å²) in [4.78, 5) is 11.0. The molecule has 15 heavy (non-hydrogen) atoms. The highest BCUT2D eigenvalue weighted by molar-refractivity contribution is 9.10. The minimum absolute atomic E-state index is 0.00752. The van der Waals surface area contributed by atoms with Gasteiger partial charge in [0.15, 0.2) is 0 Å². The Labute approximate surface area is 95.2 Å². The fourth-order valence-electron chi connectivity index (χ4n) is 1.30. The molecule has 1 aromatic carbocycles. The molecule has 1 rings (SSSR count). The molecule has 0 spiro atoms. The van der Waals surface area contributed by atoms with Crippen LogP contribution in [0.1, 0.15) is 18.9 Å². The van der Waals surface area contributed by atoms with Gasteiger partial charge in [-0.15, -0.1) is 0 Å². The molecule has 0 saturated carbocycles. The summed E-state index contributed by atoms with van der Waals surface area (Å²) in [5.41, 5.74) is 3.99. The molecule has 82 valence electrons. The second-order valence-corrected chi connectivity index (χ2v) is 4.17. The summed E-state index contributed by atoms with van der Waals surface area (Å²) in [6.45, 7) is 1.61. The number of nitrogens with two attached hydrogens (primary N) is 1. The number of rotatable bonds is 3. The van der Waals surface area contributed by atoms with Crippen LogP contribution in [0.15, 0.2) is 22.7 Å². The molecule has 0 bridgehead atoms. The van der Waals surface area contributed by atoms with Gasteiger partial charge >= 0.3 is 5.97 Å². The first-order valence-corrected chi connectivity index (χ1v) is 5.19. The van der Waals surface area contributed by atoms with Gasteiger partial charge in [-0.1, -0.05) is 22.9 Å². The summed E-state index contributed by atoms with van der Waals surface area (Å²) in [6.07, 6.45) is 0.121. The standard InChI is InChI=1S/C10H11BrFNO2/c1-2-10(13,9(14)15)7-5-6(11)3-4-8(7)12/h3-5H,2,13H2,1H3,(H,14,15). The lowest BCUT2D eigenvalue weighted by molar-refractivity contribution is -0.144. The maximum absolute atomic E-state index is 13.4. The highest BCUT2D eigenvalue weighted by Crippen LogP contribution is 2.27.